The van der Waals surface area contributed by atoms with Gasteiger partial charge in [0.15, 0.2) is 6.10 Å². The lowest BCUT2D eigenvalue weighted by molar-refractivity contribution is -0.166. The zero-order valence-electron chi connectivity index (χ0n) is 47.8. The number of hydrogen-bond donors (Lipinski definition) is 0. The van der Waals surface area contributed by atoms with E-state index < -0.39 is 12.1 Å². The topological polar surface area (TPSA) is 78.9 Å². The molecule has 418 valence electrons. The molecule has 0 bridgehead atoms. The van der Waals surface area contributed by atoms with Crippen molar-refractivity contribution in [2.75, 3.05) is 13.2 Å². The van der Waals surface area contributed by atoms with Crippen LogP contribution in [0.5, 0.6) is 0 Å². The molecule has 6 heteroatoms. The maximum absolute atomic E-state index is 12.9. The summed E-state index contributed by atoms with van der Waals surface area (Å²) in [6.07, 6.45) is 86.1. The Hall–Kier alpha value is -4.45. The standard InChI is InChI=1S/C68H110O6/c1-4-7-10-13-16-19-22-25-28-30-31-32-33-34-35-36-37-38-41-43-46-49-52-55-58-61-67(70)73-64-65(63-72-66(69)60-57-54-51-48-45-42-39-27-24-21-18-15-12-9-6-3)74-68(71)62-59-56-53-50-47-44-40-29-26-23-20-17-14-11-8-5-2/h7,9-10,12,16,18-19,21,25,27-28,31-32,34-35,37-39,45,48,54,57,65H,4-6,8,11,13-15,17,20,22-24,26,29-30,33,36,40-44,46-47,49-53,55-56,58-64H2,1-3H3/b10-7-,12-9-,19-16-,21-18-,28-25-,32-31-,35-34-,38-37-,39-27-,48-45-,57-54-. The van der Waals surface area contributed by atoms with Crippen molar-refractivity contribution in [1.82, 2.24) is 0 Å². The van der Waals surface area contributed by atoms with Crippen molar-refractivity contribution in [3.05, 3.63) is 134 Å². The van der Waals surface area contributed by atoms with Gasteiger partial charge in [-0.15, -0.1) is 0 Å². The molecule has 1 atom stereocenters. The third-order valence-corrected chi connectivity index (χ3v) is 12.4. The monoisotopic (exact) mass is 1020 g/mol. The maximum Gasteiger partial charge on any atom is 0.309 e. The van der Waals surface area contributed by atoms with Gasteiger partial charge in [0.25, 0.3) is 0 Å². The lowest BCUT2D eigenvalue weighted by atomic mass is 10.0. The number of rotatable bonds is 53. The minimum absolute atomic E-state index is 0.118. The van der Waals surface area contributed by atoms with E-state index in [2.05, 4.69) is 142 Å². The summed E-state index contributed by atoms with van der Waals surface area (Å²) < 4.78 is 16.8. The second-order valence-electron chi connectivity index (χ2n) is 19.5. The Bertz CT molecular complexity index is 1600. The van der Waals surface area contributed by atoms with Crippen molar-refractivity contribution in [3.8, 4) is 0 Å². The minimum atomic E-state index is -0.828. The molecule has 1 unspecified atom stereocenters. The molecular weight excluding hydrogens is 913 g/mol. The number of esters is 3. The highest BCUT2D eigenvalue weighted by molar-refractivity contribution is 5.72. The van der Waals surface area contributed by atoms with Crippen LogP contribution in [0.4, 0.5) is 0 Å². The highest BCUT2D eigenvalue weighted by Crippen LogP contribution is 2.15. The molecule has 0 rings (SSSR count). The van der Waals surface area contributed by atoms with Crippen LogP contribution in [0.15, 0.2) is 134 Å². The summed E-state index contributed by atoms with van der Waals surface area (Å²) in [5, 5.41) is 0. The van der Waals surface area contributed by atoms with E-state index in [1.54, 1.807) is 6.08 Å². The summed E-state index contributed by atoms with van der Waals surface area (Å²) >= 11 is 0. The molecule has 0 fully saturated rings. The van der Waals surface area contributed by atoms with E-state index in [9.17, 15) is 14.4 Å². The Kier molecular flexibility index (Phi) is 57.4. The molecule has 0 heterocycles. The largest absolute Gasteiger partial charge is 0.462 e. The van der Waals surface area contributed by atoms with Gasteiger partial charge in [-0.25, -0.2) is 0 Å². The van der Waals surface area contributed by atoms with Crippen LogP contribution in [0.25, 0.3) is 0 Å². The van der Waals surface area contributed by atoms with E-state index in [4.69, 9.17) is 14.2 Å². The normalized spacial score (nSPS) is 13.1. The van der Waals surface area contributed by atoms with Crippen LogP contribution in [0.1, 0.15) is 258 Å². The van der Waals surface area contributed by atoms with E-state index in [-0.39, 0.29) is 31.6 Å². The van der Waals surface area contributed by atoms with Crippen molar-refractivity contribution in [3.63, 3.8) is 0 Å². The molecule has 0 aliphatic heterocycles. The van der Waals surface area contributed by atoms with Crippen molar-refractivity contribution < 1.29 is 28.6 Å². The van der Waals surface area contributed by atoms with Crippen molar-refractivity contribution in [1.29, 1.82) is 0 Å². The lowest BCUT2D eigenvalue weighted by Crippen LogP contribution is -2.30. The molecule has 0 N–H and O–H groups in total. The van der Waals surface area contributed by atoms with Gasteiger partial charge in [0.2, 0.25) is 0 Å². The van der Waals surface area contributed by atoms with Gasteiger partial charge in [0.1, 0.15) is 13.2 Å². The summed E-state index contributed by atoms with van der Waals surface area (Å²) in [6, 6.07) is 0. The molecule has 0 amide bonds. The molecule has 0 aromatic carbocycles. The molecule has 0 aliphatic rings. The first-order valence-corrected chi connectivity index (χ1v) is 30.2. The van der Waals surface area contributed by atoms with Gasteiger partial charge in [0.05, 0.1) is 6.42 Å². The first kappa shape index (κ1) is 69.5. The van der Waals surface area contributed by atoms with Crippen LogP contribution in [0.3, 0.4) is 0 Å². The summed E-state index contributed by atoms with van der Waals surface area (Å²) in [5.41, 5.74) is 0. The second kappa shape index (κ2) is 61.1. The first-order chi connectivity index (χ1) is 36.5. The van der Waals surface area contributed by atoms with Gasteiger partial charge in [-0.1, -0.05) is 276 Å². The fourth-order valence-corrected chi connectivity index (χ4v) is 7.99. The first-order valence-electron chi connectivity index (χ1n) is 30.2. The molecule has 0 spiro atoms. The van der Waals surface area contributed by atoms with Crippen molar-refractivity contribution >= 4 is 17.9 Å². The maximum atomic E-state index is 12.9. The average molecular weight is 1020 g/mol. The number of unbranched alkanes of at least 4 members (excludes halogenated alkanes) is 21. The van der Waals surface area contributed by atoms with Crippen LogP contribution >= 0.6 is 0 Å². The van der Waals surface area contributed by atoms with Crippen LogP contribution in [0.2, 0.25) is 0 Å². The highest BCUT2D eigenvalue weighted by Gasteiger charge is 2.19. The fourth-order valence-electron chi connectivity index (χ4n) is 7.99. The number of carbonyl (C=O) groups is 3. The van der Waals surface area contributed by atoms with Crippen LogP contribution in [-0.2, 0) is 28.6 Å². The SMILES string of the molecule is CC/C=C\C/C=C\C/C=C\C/C=C\C/C=C\C/C=C\CCCCCCCCC(=O)OCC(COC(=O)C/C=C\C/C=C\C/C=C\C/C=C\C/C=C\CC)OC(=O)CCCCCCCCCCCCCCCCCC. The van der Waals surface area contributed by atoms with Gasteiger partial charge in [-0.05, 0) is 96.3 Å². The van der Waals surface area contributed by atoms with Gasteiger partial charge in [0, 0.05) is 12.8 Å². The van der Waals surface area contributed by atoms with Crippen LogP contribution < -0.4 is 0 Å². The van der Waals surface area contributed by atoms with Gasteiger partial charge >= 0.3 is 17.9 Å². The Morgan fingerprint density at radius 3 is 0.946 bits per heavy atom. The Balaban J connectivity index is 4.47. The molecule has 0 radical (unpaired) electrons. The minimum Gasteiger partial charge on any atom is -0.462 e. The smallest absolute Gasteiger partial charge is 0.309 e. The van der Waals surface area contributed by atoms with E-state index in [1.165, 1.54) is 96.3 Å². The lowest BCUT2D eigenvalue weighted by Gasteiger charge is -2.18. The van der Waals surface area contributed by atoms with E-state index in [0.29, 0.717) is 12.8 Å². The van der Waals surface area contributed by atoms with Crippen LogP contribution in [-0.4, -0.2) is 37.2 Å². The predicted octanol–water partition coefficient (Wildman–Crippen LogP) is 20.6. The Labute approximate surface area is 455 Å². The molecule has 6 nitrogen and oxygen atoms in total. The highest BCUT2D eigenvalue weighted by atomic mass is 16.6. The third-order valence-electron chi connectivity index (χ3n) is 12.4. The third kappa shape index (κ3) is 58.4. The summed E-state index contributed by atoms with van der Waals surface area (Å²) in [6.45, 7) is 6.32. The van der Waals surface area contributed by atoms with Crippen LogP contribution in [0, 0.1) is 0 Å². The van der Waals surface area contributed by atoms with E-state index in [1.807, 2.05) is 6.08 Å². The Morgan fingerprint density at radius 2 is 0.581 bits per heavy atom. The zero-order valence-corrected chi connectivity index (χ0v) is 47.8. The molecule has 0 aliphatic carbocycles. The number of allylic oxidation sites excluding steroid dienone is 21. The summed E-state index contributed by atoms with van der Waals surface area (Å²) in [5.74, 6) is -1.06. The number of ether oxygens (including phenoxy) is 3. The van der Waals surface area contributed by atoms with Crippen molar-refractivity contribution in [2.45, 2.75) is 264 Å². The average Bonchev–Trinajstić information content (AvgIpc) is 3.40. The summed E-state index contributed by atoms with van der Waals surface area (Å²) in [4.78, 5) is 38.2. The second-order valence-corrected chi connectivity index (χ2v) is 19.5. The van der Waals surface area contributed by atoms with Gasteiger partial charge < -0.3 is 14.2 Å². The molecule has 0 saturated carbocycles. The predicted molar refractivity (Wildman–Crippen MR) is 320 cm³/mol. The summed E-state index contributed by atoms with van der Waals surface area (Å²) in [7, 11) is 0. The van der Waals surface area contributed by atoms with E-state index >= 15 is 0 Å². The van der Waals surface area contributed by atoms with Crippen molar-refractivity contribution in [2.24, 2.45) is 0 Å². The molecular formula is C68H110O6. The molecule has 0 saturated heterocycles. The van der Waals surface area contributed by atoms with Gasteiger partial charge in [-0.2, -0.15) is 0 Å². The quantitative estimate of drug-likeness (QED) is 0.0261. The molecule has 0 aromatic rings. The number of carbonyl (C=O) groups excluding carboxylic acids is 3. The molecule has 0 aromatic heterocycles. The number of hydrogen-bond acceptors (Lipinski definition) is 6. The van der Waals surface area contributed by atoms with E-state index in [0.717, 1.165) is 122 Å². The Morgan fingerprint density at radius 1 is 0.297 bits per heavy atom. The zero-order chi connectivity index (χ0) is 53.6. The van der Waals surface area contributed by atoms with Gasteiger partial charge in [-0.3, -0.25) is 14.4 Å². The fraction of sp³-hybridized carbons (Fsp3) is 0.632. The molecule has 74 heavy (non-hydrogen) atoms.